The average molecular weight is 402 g/mol. The Morgan fingerprint density at radius 2 is 2.33 bits per heavy atom. The zero-order valence-corrected chi connectivity index (χ0v) is 11.9. The van der Waals surface area contributed by atoms with Crippen LogP contribution in [-0.2, 0) is 0 Å². The van der Waals surface area contributed by atoms with Gasteiger partial charge in [0.25, 0.3) is 0 Å². The van der Waals surface area contributed by atoms with Crippen LogP contribution in [0.3, 0.4) is 0 Å². The minimum Gasteiger partial charge on any atom is -0.375 e. The van der Waals surface area contributed by atoms with Crippen LogP contribution in [0.5, 0.6) is 0 Å². The van der Waals surface area contributed by atoms with E-state index in [9.17, 15) is 4.39 Å². The lowest BCUT2D eigenvalue weighted by molar-refractivity contribution is 0.613. The van der Waals surface area contributed by atoms with Gasteiger partial charge in [0.1, 0.15) is 0 Å². The van der Waals surface area contributed by atoms with E-state index in [1.54, 1.807) is 12.1 Å². The molecule has 1 aromatic rings. The van der Waals surface area contributed by atoms with Crippen molar-refractivity contribution in [3.05, 3.63) is 31.6 Å². The number of hydrogen-bond acceptors (Lipinski definition) is 2. The molecule has 15 heavy (non-hydrogen) atoms. The summed E-state index contributed by atoms with van der Waals surface area (Å²) in [7, 11) is 0. The molecule has 0 heterocycles. The first-order valence-corrected chi connectivity index (χ1v) is 6.02. The van der Waals surface area contributed by atoms with Gasteiger partial charge in [-0.15, -0.1) is 0 Å². The van der Waals surface area contributed by atoms with Crippen molar-refractivity contribution < 1.29 is 4.39 Å². The quantitative estimate of drug-likeness (QED) is 0.263. The number of benzene rings is 1. The number of nitrogens with zero attached hydrogens (tertiary/aromatic N) is 1. The predicted octanol–water partition coefficient (Wildman–Crippen LogP) is 2.36. The summed E-state index contributed by atoms with van der Waals surface area (Å²) in [4.78, 5) is 0. The van der Waals surface area contributed by atoms with Crippen LogP contribution in [-0.4, -0.2) is 11.3 Å². The van der Waals surface area contributed by atoms with Crippen molar-refractivity contribution in [3.8, 4) is 0 Å². The summed E-state index contributed by atoms with van der Waals surface area (Å²) >= 11 is 9.60. The summed E-state index contributed by atoms with van der Waals surface area (Å²) in [5, 5.41) is 3.80. The molecule has 0 fully saturated rings. The fraction of sp³-hybridized carbons (Fsp3) is 0. The fourth-order valence-electron chi connectivity index (χ4n) is 0.806. The standard InChI is InChI=1S/C8H6BrFIN3S/c9-6-4(3-13-14-8(12)15)1-2-5(11)7(6)10/h1-3H,(H3,12,14,15). The Hall–Kier alpha value is -0.280. The number of nitrogens with two attached hydrogens (primary N) is 1. The molecule has 0 aliphatic carbocycles. The van der Waals surface area contributed by atoms with Crippen LogP contribution in [0.15, 0.2) is 21.7 Å². The molecule has 0 saturated carbocycles. The van der Waals surface area contributed by atoms with Gasteiger partial charge in [-0.25, -0.2) is 4.39 Å². The second-order valence-electron chi connectivity index (χ2n) is 2.50. The minimum atomic E-state index is -0.310. The number of hydrazone groups is 1. The lowest BCUT2D eigenvalue weighted by Crippen LogP contribution is -2.24. The third kappa shape index (κ3) is 3.65. The molecule has 0 bridgehead atoms. The summed E-state index contributed by atoms with van der Waals surface area (Å²) in [6.45, 7) is 0. The predicted molar refractivity (Wildman–Crippen MR) is 74.3 cm³/mol. The molecule has 3 nitrogen and oxygen atoms in total. The van der Waals surface area contributed by atoms with Crippen molar-refractivity contribution in [2.45, 2.75) is 0 Å². The highest BCUT2D eigenvalue weighted by molar-refractivity contribution is 14.1. The largest absolute Gasteiger partial charge is 0.375 e. The van der Waals surface area contributed by atoms with Crippen LogP contribution in [0.2, 0.25) is 0 Å². The van der Waals surface area contributed by atoms with E-state index in [1.807, 2.05) is 22.6 Å². The number of rotatable bonds is 2. The Morgan fingerprint density at radius 1 is 1.67 bits per heavy atom. The van der Waals surface area contributed by atoms with E-state index in [4.69, 9.17) is 5.73 Å². The molecule has 80 valence electrons. The highest BCUT2D eigenvalue weighted by Crippen LogP contribution is 2.23. The van der Waals surface area contributed by atoms with E-state index >= 15 is 0 Å². The number of nitrogens with one attached hydrogen (secondary N) is 1. The maximum absolute atomic E-state index is 13.4. The number of thiocarbonyl (C=S) groups is 1. The second kappa shape index (κ2) is 5.71. The Morgan fingerprint density at radius 3 is 2.93 bits per heavy atom. The zero-order valence-electron chi connectivity index (χ0n) is 7.30. The number of halogens is 3. The molecular formula is C8H6BrFIN3S. The van der Waals surface area contributed by atoms with Gasteiger partial charge in [-0.05, 0) is 56.8 Å². The van der Waals surface area contributed by atoms with Gasteiger partial charge in [0.2, 0.25) is 0 Å². The Balaban J connectivity index is 2.92. The van der Waals surface area contributed by atoms with Crippen molar-refractivity contribution in [1.82, 2.24) is 5.43 Å². The summed E-state index contributed by atoms with van der Waals surface area (Å²) in [5.74, 6) is -0.310. The van der Waals surface area contributed by atoms with E-state index in [0.717, 1.165) is 0 Å². The molecule has 1 aromatic carbocycles. The van der Waals surface area contributed by atoms with Crippen LogP contribution in [0.25, 0.3) is 0 Å². The van der Waals surface area contributed by atoms with E-state index in [-0.39, 0.29) is 10.9 Å². The van der Waals surface area contributed by atoms with Crippen molar-refractivity contribution in [2.24, 2.45) is 10.8 Å². The van der Waals surface area contributed by atoms with Gasteiger partial charge in [0, 0.05) is 9.13 Å². The SMILES string of the molecule is NC(=S)NN=Cc1ccc(I)c(F)c1Br. The van der Waals surface area contributed by atoms with Crippen LogP contribution in [0, 0.1) is 9.39 Å². The van der Waals surface area contributed by atoms with Gasteiger partial charge in [-0.3, -0.25) is 5.43 Å². The van der Waals surface area contributed by atoms with Gasteiger partial charge < -0.3 is 5.73 Å². The Kier molecular flexibility index (Phi) is 4.87. The first-order chi connectivity index (χ1) is 7.02. The third-order valence-electron chi connectivity index (χ3n) is 1.44. The molecule has 3 N–H and O–H groups in total. The molecule has 0 radical (unpaired) electrons. The average Bonchev–Trinajstić information content (AvgIpc) is 2.18. The van der Waals surface area contributed by atoms with Crippen LogP contribution < -0.4 is 11.2 Å². The van der Waals surface area contributed by atoms with Gasteiger partial charge in [0.05, 0.1) is 10.7 Å². The number of hydrogen-bond donors (Lipinski definition) is 2. The maximum Gasteiger partial charge on any atom is 0.184 e. The summed E-state index contributed by atoms with van der Waals surface area (Å²) in [6, 6.07) is 3.39. The molecule has 0 atom stereocenters. The molecular weight excluding hydrogens is 396 g/mol. The van der Waals surface area contributed by atoms with Gasteiger partial charge in [-0.1, -0.05) is 6.07 Å². The Bertz CT molecular complexity index is 425. The van der Waals surface area contributed by atoms with Gasteiger partial charge >= 0.3 is 0 Å². The molecule has 0 aliphatic rings. The van der Waals surface area contributed by atoms with Gasteiger partial charge in [0.15, 0.2) is 10.9 Å². The van der Waals surface area contributed by atoms with Gasteiger partial charge in [-0.2, -0.15) is 5.10 Å². The lowest BCUT2D eigenvalue weighted by Gasteiger charge is -2.01. The molecule has 0 saturated heterocycles. The van der Waals surface area contributed by atoms with E-state index in [1.165, 1.54) is 6.21 Å². The molecule has 0 aliphatic heterocycles. The molecule has 0 amide bonds. The highest BCUT2D eigenvalue weighted by Gasteiger charge is 2.07. The highest BCUT2D eigenvalue weighted by atomic mass is 127. The summed E-state index contributed by atoms with van der Waals surface area (Å²) in [6.07, 6.45) is 1.43. The van der Waals surface area contributed by atoms with Crippen molar-refractivity contribution in [2.75, 3.05) is 0 Å². The maximum atomic E-state index is 13.4. The van der Waals surface area contributed by atoms with E-state index in [0.29, 0.717) is 13.6 Å². The molecule has 1 rings (SSSR count). The first kappa shape index (κ1) is 12.8. The lowest BCUT2D eigenvalue weighted by atomic mass is 10.2. The van der Waals surface area contributed by atoms with Crippen LogP contribution in [0.1, 0.15) is 5.56 Å². The minimum absolute atomic E-state index is 0.0633. The monoisotopic (exact) mass is 401 g/mol. The molecule has 0 aromatic heterocycles. The molecule has 0 spiro atoms. The zero-order chi connectivity index (χ0) is 11.4. The molecule has 0 unspecified atom stereocenters. The first-order valence-electron chi connectivity index (χ1n) is 3.74. The van der Waals surface area contributed by atoms with E-state index in [2.05, 4.69) is 38.7 Å². The van der Waals surface area contributed by atoms with Crippen LogP contribution in [0.4, 0.5) is 4.39 Å². The van der Waals surface area contributed by atoms with Crippen LogP contribution >= 0.6 is 50.7 Å². The summed E-state index contributed by atoms with van der Waals surface area (Å²) in [5.41, 5.74) is 8.17. The fourth-order valence-corrected chi connectivity index (χ4v) is 2.13. The Labute approximate surface area is 114 Å². The third-order valence-corrected chi connectivity index (χ3v) is 3.17. The molecule has 7 heteroatoms. The normalized spacial score (nSPS) is 10.6. The van der Waals surface area contributed by atoms with Crippen molar-refractivity contribution >= 4 is 62.1 Å². The topological polar surface area (TPSA) is 50.4 Å². The van der Waals surface area contributed by atoms with Crippen molar-refractivity contribution in [3.63, 3.8) is 0 Å². The van der Waals surface area contributed by atoms with E-state index < -0.39 is 0 Å². The summed E-state index contributed by atoms with van der Waals surface area (Å²) < 4.78 is 14.3. The smallest absolute Gasteiger partial charge is 0.184 e. The second-order valence-corrected chi connectivity index (χ2v) is 4.89. The van der Waals surface area contributed by atoms with Crippen molar-refractivity contribution in [1.29, 1.82) is 0 Å².